The number of carbonyl (C=O) groups is 2. The average Bonchev–Trinajstić information content (AvgIpc) is 2.55. The van der Waals surface area contributed by atoms with Gasteiger partial charge >= 0.3 is 0 Å². The molecule has 7 nitrogen and oxygen atoms in total. The Bertz CT molecular complexity index is 326. The van der Waals surface area contributed by atoms with Crippen molar-refractivity contribution in [3.8, 4) is 0 Å². The van der Waals surface area contributed by atoms with E-state index in [4.69, 9.17) is 10.2 Å². The van der Waals surface area contributed by atoms with E-state index in [1.807, 2.05) is 5.32 Å². The number of carbonyl (C=O) groups excluding carboxylic acids is 2. The van der Waals surface area contributed by atoms with E-state index in [2.05, 4.69) is 0 Å². The van der Waals surface area contributed by atoms with E-state index in [1.54, 1.807) is 0 Å². The van der Waals surface area contributed by atoms with Gasteiger partial charge in [-0.25, -0.2) is 0 Å². The fourth-order valence-electron chi connectivity index (χ4n) is 1.28. The van der Waals surface area contributed by atoms with Crippen molar-refractivity contribution >= 4 is 11.8 Å². The third-order valence-corrected chi connectivity index (χ3v) is 2.20. The molecule has 0 spiro atoms. The third kappa shape index (κ3) is 2.86. The average molecular weight is 231 g/mol. The Kier molecular flexibility index (Phi) is 4.13. The first-order chi connectivity index (χ1) is 7.45. The van der Waals surface area contributed by atoms with Crippen LogP contribution in [-0.4, -0.2) is 57.2 Å². The zero-order valence-corrected chi connectivity index (χ0v) is 8.33. The molecule has 7 heteroatoms. The summed E-state index contributed by atoms with van der Waals surface area (Å²) in [5.41, 5.74) is 0.0293. The zero-order chi connectivity index (χ0) is 12.3. The molecule has 0 aromatic heterocycles. The van der Waals surface area contributed by atoms with Crippen LogP contribution in [0.1, 0.15) is 6.42 Å². The third-order valence-electron chi connectivity index (χ3n) is 2.20. The van der Waals surface area contributed by atoms with E-state index < -0.39 is 36.7 Å². The van der Waals surface area contributed by atoms with E-state index in [9.17, 15) is 19.8 Å². The minimum atomic E-state index is -1.61. The predicted molar refractivity (Wildman–Crippen MR) is 51.0 cm³/mol. The van der Waals surface area contributed by atoms with E-state index >= 15 is 0 Å². The molecule has 2 amide bonds. The van der Waals surface area contributed by atoms with Crippen molar-refractivity contribution in [1.82, 2.24) is 5.32 Å². The fraction of sp³-hybridized carbons (Fsp3) is 0.556. The van der Waals surface area contributed by atoms with Crippen LogP contribution in [0.2, 0.25) is 0 Å². The highest BCUT2D eigenvalue weighted by atomic mass is 16.4. The molecular formula is C9H13NO6. The molecule has 1 aliphatic heterocycles. The van der Waals surface area contributed by atoms with Crippen molar-refractivity contribution in [2.45, 2.75) is 24.7 Å². The summed E-state index contributed by atoms with van der Waals surface area (Å²) in [6.45, 7) is -0.716. The Hall–Kier alpha value is -1.28. The molecule has 1 heterocycles. The normalized spacial score (nSPS) is 24.4. The molecule has 16 heavy (non-hydrogen) atoms. The second-order valence-corrected chi connectivity index (χ2v) is 3.48. The van der Waals surface area contributed by atoms with Crippen LogP contribution in [-0.2, 0) is 9.59 Å². The molecule has 0 bridgehead atoms. The lowest BCUT2D eigenvalue weighted by molar-refractivity contribution is -0.124. The highest BCUT2D eigenvalue weighted by molar-refractivity contribution is 6.13. The zero-order valence-electron chi connectivity index (χ0n) is 8.33. The van der Waals surface area contributed by atoms with Crippen molar-refractivity contribution in [3.05, 3.63) is 11.6 Å². The van der Waals surface area contributed by atoms with Gasteiger partial charge in [0, 0.05) is 5.57 Å². The van der Waals surface area contributed by atoms with E-state index in [0.29, 0.717) is 0 Å². The molecule has 90 valence electrons. The highest BCUT2D eigenvalue weighted by Crippen LogP contribution is 2.12. The summed E-state index contributed by atoms with van der Waals surface area (Å²) in [5.74, 6) is -1.12. The van der Waals surface area contributed by atoms with Gasteiger partial charge in [0.15, 0.2) is 0 Å². The number of imide groups is 1. The van der Waals surface area contributed by atoms with Crippen LogP contribution >= 0.6 is 0 Å². The van der Waals surface area contributed by atoms with Gasteiger partial charge in [-0.3, -0.25) is 14.9 Å². The van der Waals surface area contributed by atoms with Gasteiger partial charge in [-0.15, -0.1) is 0 Å². The summed E-state index contributed by atoms with van der Waals surface area (Å²) in [7, 11) is 0. The Balaban J connectivity index is 2.69. The monoisotopic (exact) mass is 231 g/mol. The number of hydrogen-bond donors (Lipinski definition) is 5. The molecule has 3 unspecified atom stereocenters. The van der Waals surface area contributed by atoms with Crippen LogP contribution in [0.5, 0.6) is 0 Å². The maximum atomic E-state index is 11.1. The lowest BCUT2D eigenvalue weighted by atomic mass is 10.0. The summed E-state index contributed by atoms with van der Waals surface area (Å²) >= 11 is 0. The SMILES string of the molecule is O=C1C/C(=C\C(O)C(O)C(O)CO)C(=O)N1. The van der Waals surface area contributed by atoms with Gasteiger partial charge in [-0.05, 0) is 6.08 Å². The standard InChI is InChI=1S/C9H13NO6/c11-3-6(13)8(15)5(12)1-4-2-7(14)10-9(4)16/h1,5-6,8,11-13,15H,2-3H2,(H,10,14,16)/b4-1+. The lowest BCUT2D eigenvalue weighted by Gasteiger charge is -2.19. The van der Waals surface area contributed by atoms with Crippen molar-refractivity contribution < 1.29 is 30.0 Å². The topological polar surface area (TPSA) is 127 Å². The minimum absolute atomic E-state index is 0.0293. The summed E-state index contributed by atoms with van der Waals surface area (Å²) in [6.07, 6.45) is -3.82. The number of nitrogens with one attached hydrogen (secondary N) is 1. The fourth-order valence-corrected chi connectivity index (χ4v) is 1.28. The van der Waals surface area contributed by atoms with E-state index in [0.717, 1.165) is 6.08 Å². The maximum Gasteiger partial charge on any atom is 0.254 e. The van der Waals surface area contributed by atoms with Crippen molar-refractivity contribution in [2.24, 2.45) is 0 Å². The Morgan fingerprint density at radius 1 is 1.31 bits per heavy atom. The first-order valence-corrected chi connectivity index (χ1v) is 4.65. The van der Waals surface area contributed by atoms with Crippen LogP contribution in [0, 0.1) is 0 Å². The largest absolute Gasteiger partial charge is 0.394 e. The second kappa shape index (κ2) is 5.17. The Morgan fingerprint density at radius 3 is 2.38 bits per heavy atom. The molecule has 0 aromatic carbocycles. The van der Waals surface area contributed by atoms with Crippen molar-refractivity contribution in [2.75, 3.05) is 6.61 Å². The van der Waals surface area contributed by atoms with Crippen LogP contribution in [0.15, 0.2) is 11.6 Å². The van der Waals surface area contributed by atoms with Gasteiger partial charge in [-0.2, -0.15) is 0 Å². The number of amides is 2. The summed E-state index contributed by atoms with van der Waals surface area (Å²) in [6, 6.07) is 0. The van der Waals surface area contributed by atoms with Gasteiger partial charge < -0.3 is 20.4 Å². The minimum Gasteiger partial charge on any atom is -0.394 e. The molecule has 3 atom stereocenters. The maximum absolute atomic E-state index is 11.1. The molecule has 0 aliphatic carbocycles. The Morgan fingerprint density at radius 2 is 1.94 bits per heavy atom. The first kappa shape index (κ1) is 12.8. The van der Waals surface area contributed by atoms with E-state index in [1.165, 1.54) is 0 Å². The number of hydrogen-bond acceptors (Lipinski definition) is 6. The molecule has 0 saturated carbocycles. The quantitative estimate of drug-likeness (QED) is 0.260. The molecule has 0 aromatic rings. The lowest BCUT2D eigenvalue weighted by Crippen LogP contribution is -2.38. The van der Waals surface area contributed by atoms with Crippen LogP contribution in [0.3, 0.4) is 0 Å². The number of aliphatic hydroxyl groups excluding tert-OH is 4. The smallest absolute Gasteiger partial charge is 0.254 e. The van der Waals surface area contributed by atoms with Gasteiger partial charge in [0.25, 0.3) is 5.91 Å². The molecule has 1 fully saturated rings. The summed E-state index contributed by atoms with van der Waals surface area (Å²) in [5, 5.41) is 38.2. The molecule has 5 N–H and O–H groups in total. The summed E-state index contributed by atoms with van der Waals surface area (Å²) < 4.78 is 0. The van der Waals surface area contributed by atoms with Crippen molar-refractivity contribution in [3.63, 3.8) is 0 Å². The molecule has 1 aliphatic rings. The predicted octanol–water partition coefficient (Wildman–Crippen LogP) is -2.97. The highest BCUT2D eigenvalue weighted by Gasteiger charge is 2.28. The van der Waals surface area contributed by atoms with Gasteiger partial charge in [0.1, 0.15) is 18.3 Å². The van der Waals surface area contributed by atoms with Crippen LogP contribution in [0.4, 0.5) is 0 Å². The van der Waals surface area contributed by atoms with Gasteiger partial charge in [-0.1, -0.05) is 0 Å². The number of aliphatic hydroxyl groups is 4. The van der Waals surface area contributed by atoms with Gasteiger partial charge in [0.05, 0.1) is 13.0 Å². The Labute approximate surface area is 91.0 Å². The van der Waals surface area contributed by atoms with Crippen LogP contribution in [0.25, 0.3) is 0 Å². The first-order valence-electron chi connectivity index (χ1n) is 4.65. The number of rotatable bonds is 4. The second-order valence-electron chi connectivity index (χ2n) is 3.48. The van der Waals surface area contributed by atoms with Gasteiger partial charge in [0.2, 0.25) is 5.91 Å². The van der Waals surface area contributed by atoms with Crippen molar-refractivity contribution in [1.29, 1.82) is 0 Å². The summed E-state index contributed by atoms with van der Waals surface area (Å²) in [4.78, 5) is 21.9. The molecule has 1 saturated heterocycles. The molecule has 0 radical (unpaired) electrons. The van der Waals surface area contributed by atoms with E-state index in [-0.39, 0.29) is 12.0 Å². The molecular weight excluding hydrogens is 218 g/mol. The molecule has 1 rings (SSSR count). The van der Waals surface area contributed by atoms with Crippen LogP contribution < -0.4 is 5.32 Å².